The molecular formula is C20H17NO. The molecule has 3 aromatic carbocycles. The van der Waals surface area contributed by atoms with Gasteiger partial charge in [-0.3, -0.25) is 4.79 Å². The second-order valence-corrected chi connectivity index (χ2v) is 5.14. The largest absolute Gasteiger partial charge is 0.345 e. The Balaban J connectivity index is 1.83. The lowest BCUT2D eigenvalue weighted by Gasteiger charge is -2.19. The molecule has 0 aromatic heterocycles. The van der Waals surface area contributed by atoms with Crippen LogP contribution in [0.15, 0.2) is 84.9 Å². The second kappa shape index (κ2) is 6.27. The smallest absolute Gasteiger partial charge is 0.193 e. The molecule has 0 bridgehead atoms. The topological polar surface area (TPSA) is 20.3 Å². The summed E-state index contributed by atoms with van der Waals surface area (Å²) in [6, 6.07) is 27.2. The van der Waals surface area contributed by atoms with E-state index in [1.54, 1.807) is 0 Å². The Kier molecular flexibility index (Phi) is 4.01. The van der Waals surface area contributed by atoms with Crippen molar-refractivity contribution in [3.8, 4) is 0 Å². The molecular weight excluding hydrogens is 270 g/mol. The SMILES string of the molecule is CN(c1ccccc1)c1ccc(C(=O)c2ccccc2)cc1. The Bertz CT molecular complexity index is 749. The van der Waals surface area contributed by atoms with Gasteiger partial charge in [0.15, 0.2) is 5.78 Å². The fraction of sp³-hybridized carbons (Fsp3) is 0.0500. The number of hydrogen-bond acceptors (Lipinski definition) is 2. The standard InChI is InChI=1S/C20H17NO/c1-21(18-10-6-3-7-11-18)19-14-12-17(13-15-19)20(22)16-8-4-2-5-9-16/h2-15H,1H3. The molecule has 3 rings (SSSR count). The van der Waals surface area contributed by atoms with Gasteiger partial charge in [-0.2, -0.15) is 0 Å². The molecule has 0 heterocycles. The lowest BCUT2D eigenvalue weighted by molar-refractivity contribution is 0.103. The van der Waals surface area contributed by atoms with E-state index >= 15 is 0 Å². The monoisotopic (exact) mass is 287 g/mol. The van der Waals surface area contributed by atoms with Gasteiger partial charge in [0, 0.05) is 29.5 Å². The van der Waals surface area contributed by atoms with Gasteiger partial charge in [-0.15, -0.1) is 0 Å². The molecule has 0 unspecified atom stereocenters. The maximum Gasteiger partial charge on any atom is 0.193 e. The van der Waals surface area contributed by atoms with Crippen LogP contribution in [0, 0.1) is 0 Å². The minimum atomic E-state index is 0.0505. The van der Waals surface area contributed by atoms with Crippen molar-refractivity contribution in [3.63, 3.8) is 0 Å². The molecule has 0 saturated heterocycles. The van der Waals surface area contributed by atoms with Crippen molar-refractivity contribution < 1.29 is 4.79 Å². The average molecular weight is 287 g/mol. The summed E-state index contributed by atoms with van der Waals surface area (Å²) in [7, 11) is 2.02. The predicted octanol–water partition coefficient (Wildman–Crippen LogP) is 4.69. The molecule has 3 aromatic rings. The fourth-order valence-corrected chi connectivity index (χ4v) is 2.39. The van der Waals surface area contributed by atoms with E-state index in [0.29, 0.717) is 11.1 Å². The number of para-hydroxylation sites is 1. The first-order valence-corrected chi connectivity index (χ1v) is 7.24. The van der Waals surface area contributed by atoms with Gasteiger partial charge in [0.25, 0.3) is 0 Å². The van der Waals surface area contributed by atoms with Crippen molar-refractivity contribution in [1.82, 2.24) is 0 Å². The molecule has 2 nitrogen and oxygen atoms in total. The van der Waals surface area contributed by atoms with Gasteiger partial charge in [-0.05, 0) is 36.4 Å². The van der Waals surface area contributed by atoms with Crippen molar-refractivity contribution >= 4 is 17.2 Å². The summed E-state index contributed by atoms with van der Waals surface area (Å²) >= 11 is 0. The van der Waals surface area contributed by atoms with Crippen LogP contribution in [0.2, 0.25) is 0 Å². The fourth-order valence-electron chi connectivity index (χ4n) is 2.39. The molecule has 0 atom stereocenters. The van der Waals surface area contributed by atoms with E-state index in [-0.39, 0.29) is 5.78 Å². The van der Waals surface area contributed by atoms with Crippen LogP contribution >= 0.6 is 0 Å². The molecule has 108 valence electrons. The summed E-state index contributed by atoms with van der Waals surface area (Å²) in [6.45, 7) is 0. The molecule has 0 aliphatic rings. The highest BCUT2D eigenvalue weighted by molar-refractivity contribution is 6.09. The lowest BCUT2D eigenvalue weighted by atomic mass is 10.0. The van der Waals surface area contributed by atoms with E-state index in [0.717, 1.165) is 11.4 Å². The highest BCUT2D eigenvalue weighted by atomic mass is 16.1. The number of carbonyl (C=O) groups excluding carboxylic acids is 1. The summed E-state index contributed by atoms with van der Waals surface area (Å²) in [5.74, 6) is 0.0505. The van der Waals surface area contributed by atoms with Crippen LogP contribution in [0.5, 0.6) is 0 Å². The Hall–Kier alpha value is -2.87. The molecule has 0 aliphatic heterocycles. The summed E-state index contributed by atoms with van der Waals surface area (Å²) in [6.07, 6.45) is 0. The zero-order chi connectivity index (χ0) is 15.4. The summed E-state index contributed by atoms with van der Waals surface area (Å²) in [5, 5.41) is 0. The van der Waals surface area contributed by atoms with Crippen LogP contribution < -0.4 is 4.90 Å². The molecule has 2 heteroatoms. The maximum atomic E-state index is 12.4. The zero-order valence-corrected chi connectivity index (χ0v) is 12.4. The van der Waals surface area contributed by atoms with E-state index in [9.17, 15) is 4.79 Å². The summed E-state index contributed by atoms with van der Waals surface area (Å²) in [4.78, 5) is 14.5. The van der Waals surface area contributed by atoms with Crippen molar-refractivity contribution in [2.45, 2.75) is 0 Å². The van der Waals surface area contributed by atoms with Gasteiger partial charge in [0.05, 0.1) is 0 Å². The third kappa shape index (κ3) is 2.91. The third-order valence-electron chi connectivity index (χ3n) is 3.70. The van der Waals surface area contributed by atoms with Crippen molar-refractivity contribution in [2.24, 2.45) is 0 Å². The third-order valence-corrected chi connectivity index (χ3v) is 3.70. The van der Waals surface area contributed by atoms with Crippen LogP contribution in [0.3, 0.4) is 0 Å². The van der Waals surface area contributed by atoms with E-state index < -0.39 is 0 Å². The summed E-state index contributed by atoms with van der Waals surface area (Å²) in [5.41, 5.74) is 3.59. The molecule has 0 amide bonds. The van der Waals surface area contributed by atoms with Gasteiger partial charge in [0.1, 0.15) is 0 Å². The number of rotatable bonds is 4. The summed E-state index contributed by atoms with van der Waals surface area (Å²) < 4.78 is 0. The highest BCUT2D eigenvalue weighted by Gasteiger charge is 2.09. The van der Waals surface area contributed by atoms with E-state index in [1.807, 2.05) is 79.8 Å². The lowest BCUT2D eigenvalue weighted by Crippen LogP contribution is -2.09. The number of nitrogens with zero attached hydrogens (tertiary/aromatic N) is 1. The van der Waals surface area contributed by atoms with E-state index in [4.69, 9.17) is 0 Å². The maximum absolute atomic E-state index is 12.4. The van der Waals surface area contributed by atoms with Crippen molar-refractivity contribution in [1.29, 1.82) is 0 Å². The first kappa shape index (κ1) is 14.1. The molecule has 0 radical (unpaired) electrons. The Morgan fingerprint density at radius 1 is 0.636 bits per heavy atom. The number of anilines is 2. The Labute approximate surface area is 130 Å². The van der Waals surface area contributed by atoms with E-state index in [2.05, 4.69) is 17.0 Å². The normalized spacial score (nSPS) is 10.2. The van der Waals surface area contributed by atoms with Crippen LogP contribution in [-0.4, -0.2) is 12.8 Å². The molecule has 0 saturated carbocycles. The van der Waals surface area contributed by atoms with Crippen LogP contribution in [0.4, 0.5) is 11.4 Å². The first-order chi connectivity index (χ1) is 10.8. The van der Waals surface area contributed by atoms with Gasteiger partial charge in [-0.1, -0.05) is 48.5 Å². The number of benzene rings is 3. The minimum Gasteiger partial charge on any atom is -0.345 e. The molecule has 22 heavy (non-hydrogen) atoms. The van der Waals surface area contributed by atoms with Gasteiger partial charge >= 0.3 is 0 Å². The Morgan fingerprint density at radius 3 is 1.68 bits per heavy atom. The average Bonchev–Trinajstić information content (AvgIpc) is 2.62. The molecule has 0 fully saturated rings. The number of ketones is 1. The quantitative estimate of drug-likeness (QED) is 0.649. The van der Waals surface area contributed by atoms with Crippen molar-refractivity contribution in [2.75, 3.05) is 11.9 Å². The van der Waals surface area contributed by atoms with Crippen LogP contribution in [0.25, 0.3) is 0 Å². The van der Waals surface area contributed by atoms with Gasteiger partial charge < -0.3 is 4.90 Å². The van der Waals surface area contributed by atoms with Gasteiger partial charge in [0.2, 0.25) is 0 Å². The molecule has 0 N–H and O–H groups in total. The molecule has 0 spiro atoms. The second-order valence-electron chi connectivity index (χ2n) is 5.14. The zero-order valence-electron chi connectivity index (χ0n) is 12.4. The number of carbonyl (C=O) groups is 1. The predicted molar refractivity (Wildman–Crippen MR) is 90.8 cm³/mol. The first-order valence-electron chi connectivity index (χ1n) is 7.24. The minimum absolute atomic E-state index is 0.0505. The Morgan fingerprint density at radius 2 is 1.09 bits per heavy atom. The van der Waals surface area contributed by atoms with Crippen LogP contribution in [-0.2, 0) is 0 Å². The number of hydrogen-bond donors (Lipinski definition) is 0. The highest BCUT2D eigenvalue weighted by Crippen LogP contribution is 2.23. The van der Waals surface area contributed by atoms with Crippen LogP contribution in [0.1, 0.15) is 15.9 Å². The van der Waals surface area contributed by atoms with Gasteiger partial charge in [-0.25, -0.2) is 0 Å². The van der Waals surface area contributed by atoms with E-state index in [1.165, 1.54) is 0 Å². The molecule has 0 aliphatic carbocycles. The van der Waals surface area contributed by atoms with Crippen molar-refractivity contribution in [3.05, 3.63) is 96.1 Å².